The molecule has 1 amide bonds. The van der Waals surface area contributed by atoms with Gasteiger partial charge in [-0.25, -0.2) is 9.97 Å². The number of halogens is 1. The minimum Gasteiger partial charge on any atom is -0.487 e. The van der Waals surface area contributed by atoms with Crippen molar-refractivity contribution in [3.05, 3.63) is 82.2 Å². The number of pyridine rings is 1. The summed E-state index contributed by atoms with van der Waals surface area (Å²) in [6.07, 6.45) is 13.1. The fourth-order valence-corrected chi connectivity index (χ4v) is 6.68. The molecule has 10 heteroatoms. The number of aromatic nitrogens is 3. The lowest BCUT2D eigenvalue weighted by Crippen LogP contribution is -2.34. The quantitative estimate of drug-likeness (QED) is 0.246. The monoisotopic (exact) mass is 574 g/mol. The van der Waals surface area contributed by atoms with Gasteiger partial charge in [0.05, 0.1) is 17.0 Å². The van der Waals surface area contributed by atoms with Crippen molar-refractivity contribution < 1.29 is 9.53 Å². The van der Waals surface area contributed by atoms with Crippen molar-refractivity contribution in [2.75, 3.05) is 31.5 Å². The van der Waals surface area contributed by atoms with E-state index in [9.17, 15) is 4.79 Å². The van der Waals surface area contributed by atoms with Gasteiger partial charge in [0.25, 0.3) is 0 Å². The second kappa shape index (κ2) is 12.3. The summed E-state index contributed by atoms with van der Waals surface area (Å²) in [6, 6.07) is 9.45. The predicted octanol–water partition coefficient (Wildman–Crippen LogP) is 5.99. The van der Waals surface area contributed by atoms with Gasteiger partial charge in [-0.1, -0.05) is 23.7 Å². The maximum Gasteiger partial charge on any atom is 0.246 e. The Bertz CT molecular complexity index is 1520. The fraction of sp³-hybridized carbons (Fsp3) is 0.333. The number of hydrogen-bond donors (Lipinski definition) is 1. The van der Waals surface area contributed by atoms with Gasteiger partial charge in [0, 0.05) is 41.6 Å². The molecule has 6 rings (SSSR count). The van der Waals surface area contributed by atoms with Gasteiger partial charge >= 0.3 is 0 Å². The molecule has 4 aromatic rings. The van der Waals surface area contributed by atoms with E-state index < -0.39 is 0 Å². The van der Waals surface area contributed by atoms with Crippen LogP contribution < -0.4 is 10.1 Å². The molecule has 0 atom stereocenters. The molecule has 5 heterocycles. The third kappa shape index (κ3) is 6.11. The number of benzene rings is 1. The van der Waals surface area contributed by atoms with Crippen molar-refractivity contribution in [3.8, 4) is 5.75 Å². The fourth-order valence-electron chi connectivity index (χ4n) is 5.24. The molecule has 0 radical (unpaired) electrons. The molecular weight excluding hydrogens is 544 g/mol. The molecule has 0 bridgehead atoms. The number of likely N-dealkylation sites (tertiary alicyclic amines) is 1. The van der Waals surface area contributed by atoms with E-state index in [-0.39, 0.29) is 5.91 Å². The zero-order valence-corrected chi connectivity index (χ0v) is 23.8. The first-order chi connectivity index (χ1) is 19.6. The van der Waals surface area contributed by atoms with E-state index in [0.717, 1.165) is 46.7 Å². The van der Waals surface area contributed by atoms with Crippen LogP contribution >= 0.6 is 22.9 Å². The standard InChI is InChI=1S/C30H31ClN6O2S/c31-24-16-22(8-9-25(24)39-19-21-6-5-11-32-17-21)35-29-28-23-10-15-37(18-26(23)40-30(28)34-20-33-29)27(38)7-1-2-12-36-13-3-4-14-36/h1,5-9,11,16-17,20H,2-4,10,12-15,18-19H2,(H,33,34,35)/b7-1+. The summed E-state index contributed by atoms with van der Waals surface area (Å²) in [5.74, 6) is 1.42. The van der Waals surface area contributed by atoms with Gasteiger partial charge in [-0.15, -0.1) is 11.3 Å². The molecule has 1 fully saturated rings. The van der Waals surface area contributed by atoms with E-state index in [1.165, 1.54) is 36.4 Å². The lowest BCUT2D eigenvalue weighted by Gasteiger charge is -2.26. The van der Waals surface area contributed by atoms with Gasteiger partial charge in [-0.05, 0) is 74.7 Å². The third-order valence-electron chi connectivity index (χ3n) is 7.33. The largest absolute Gasteiger partial charge is 0.487 e. The molecule has 0 spiro atoms. The minimum absolute atomic E-state index is 0.0782. The van der Waals surface area contributed by atoms with Gasteiger partial charge in [0.1, 0.15) is 29.3 Å². The molecule has 2 aliphatic heterocycles. The van der Waals surface area contributed by atoms with E-state index in [1.54, 1.807) is 36.1 Å². The van der Waals surface area contributed by atoms with Crippen molar-refractivity contribution in [3.63, 3.8) is 0 Å². The van der Waals surface area contributed by atoms with Crippen molar-refractivity contribution in [2.24, 2.45) is 0 Å². The SMILES string of the molecule is O=C(/C=C/CCN1CCCC1)N1CCc2c(sc3ncnc(Nc4ccc(OCc5cccnc5)c(Cl)c4)c23)C1. The number of fused-ring (bicyclic) bond motifs is 3. The van der Waals surface area contributed by atoms with Crippen LogP contribution in [0.2, 0.25) is 5.02 Å². The highest BCUT2D eigenvalue weighted by molar-refractivity contribution is 7.19. The van der Waals surface area contributed by atoms with Crippen LogP contribution in [0.15, 0.2) is 61.2 Å². The number of thiophene rings is 1. The number of ether oxygens (including phenoxy) is 1. The van der Waals surface area contributed by atoms with E-state index in [2.05, 4.69) is 25.2 Å². The van der Waals surface area contributed by atoms with Crippen molar-refractivity contribution in [1.29, 1.82) is 0 Å². The molecule has 2 aliphatic rings. The Morgan fingerprint density at radius 3 is 2.90 bits per heavy atom. The summed E-state index contributed by atoms with van der Waals surface area (Å²) in [6.45, 7) is 5.06. The molecule has 206 valence electrons. The van der Waals surface area contributed by atoms with E-state index in [0.29, 0.717) is 30.5 Å². The van der Waals surface area contributed by atoms with E-state index >= 15 is 0 Å². The Balaban J connectivity index is 1.12. The molecule has 3 aromatic heterocycles. The number of nitrogens with one attached hydrogen (secondary N) is 1. The number of carbonyl (C=O) groups excluding carboxylic acids is 1. The number of amides is 1. The number of anilines is 2. The predicted molar refractivity (Wildman–Crippen MR) is 159 cm³/mol. The van der Waals surface area contributed by atoms with E-state index in [1.807, 2.05) is 41.3 Å². The molecule has 1 saturated heterocycles. The van der Waals surface area contributed by atoms with Crippen LogP contribution in [0, 0.1) is 0 Å². The second-order valence-corrected chi connectivity index (χ2v) is 11.6. The highest BCUT2D eigenvalue weighted by atomic mass is 35.5. The summed E-state index contributed by atoms with van der Waals surface area (Å²) < 4.78 is 5.88. The molecule has 0 aliphatic carbocycles. The number of hydrogen-bond acceptors (Lipinski definition) is 8. The first-order valence-electron chi connectivity index (χ1n) is 13.7. The van der Waals surface area contributed by atoms with Gasteiger partial charge in [0.15, 0.2) is 0 Å². The molecule has 1 aromatic carbocycles. The summed E-state index contributed by atoms with van der Waals surface area (Å²) in [4.78, 5) is 32.6. The van der Waals surface area contributed by atoms with Crippen LogP contribution in [0.25, 0.3) is 10.2 Å². The Labute approximate surface area is 242 Å². The number of carbonyl (C=O) groups is 1. The van der Waals surface area contributed by atoms with Crippen LogP contribution in [-0.2, 0) is 24.4 Å². The number of rotatable bonds is 9. The lowest BCUT2D eigenvalue weighted by molar-refractivity contribution is -0.126. The lowest BCUT2D eigenvalue weighted by atomic mass is 10.0. The average Bonchev–Trinajstić information content (AvgIpc) is 3.63. The third-order valence-corrected chi connectivity index (χ3v) is 8.75. The summed E-state index contributed by atoms with van der Waals surface area (Å²) >= 11 is 8.18. The van der Waals surface area contributed by atoms with Crippen LogP contribution in [0.1, 0.15) is 35.3 Å². The maximum absolute atomic E-state index is 12.9. The highest BCUT2D eigenvalue weighted by Gasteiger charge is 2.25. The molecular formula is C30H31ClN6O2S. The highest BCUT2D eigenvalue weighted by Crippen LogP contribution is 2.39. The van der Waals surface area contributed by atoms with Crippen molar-refractivity contribution >= 4 is 50.6 Å². The Morgan fingerprint density at radius 1 is 1.18 bits per heavy atom. The van der Waals surface area contributed by atoms with Gasteiger partial charge in [-0.2, -0.15) is 0 Å². The molecule has 1 N–H and O–H groups in total. The Kier molecular flexibility index (Phi) is 8.22. The zero-order chi connectivity index (χ0) is 27.3. The van der Waals surface area contributed by atoms with Crippen molar-refractivity contribution in [1.82, 2.24) is 24.8 Å². The molecule has 0 unspecified atom stereocenters. The van der Waals surface area contributed by atoms with Crippen molar-refractivity contribution in [2.45, 2.75) is 38.8 Å². The van der Waals surface area contributed by atoms with Gasteiger partial charge in [-0.3, -0.25) is 9.78 Å². The number of nitrogens with zero attached hydrogens (tertiary/aromatic N) is 5. The molecule has 40 heavy (non-hydrogen) atoms. The Morgan fingerprint density at radius 2 is 2.08 bits per heavy atom. The van der Waals surface area contributed by atoms with Gasteiger partial charge in [0.2, 0.25) is 5.91 Å². The van der Waals surface area contributed by atoms with Gasteiger partial charge < -0.3 is 19.9 Å². The summed E-state index contributed by atoms with van der Waals surface area (Å²) in [5, 5.41) is 4.95. The topological polar surface area (TPSA) is 83.5 Å². The first-order valence-corrected chi connectivity index (χ1v) is 14.8. The summed E-state index contributed by atoms with van der Waals surface area (Å²) in [7, 11) is 0. The summed E-state index contributed by atoms with van der Waals surface area (Å²) in [5.41, 5.74) is 3.00. The molecule has 0 saturated carbocycles. The smallest absolute Gasteiger partial charge is 0.246 e. The van der Waals surface area contributed by atoms with Crippen LogP contribution in [0.5, 0.6) is 5.75 Å². The normalized spacial score (nSPS) is 15.6. The molecule has 8 nitrogen and oxygen atoms in total. The Hall–Kier alpha value is -3.53. The maximum atomic E-state index is 12.9. The van der Waals surface area contributed by atoms with Crippen LogP contribution in [0.4, 0.5) is 11.5 Å². The first kappa shape index (κ1) is 26.7. The average molecular weight is 575 g/mol. The second-order valence-electron chi connectivity index (χ2n) is 10.1. The zero-order valence-electron chi connectivity index (χ0n) is 22.2. The minimum atomic E-state index is 0.0782. The van der Waals surface area contributed by atoms with E-state index in [4.69, 9.17) is 16.3 Å². The van der Waals surface area contributed by atoms with Crippen LogP contribution in [0.3, 0.4) is 0 Å². The van der Waals surface area contributed by atoms with Crippen LogP contribution in [-0.4, -0.2) is 56.8 Å².